The molecule has 1 aromatic heterocycles. The SMILES string of the molecule is CCCCCCc1nc(-c2ccccc2N)no1. The molecular formula is C14H19N3O. The summed E-state index contributed by atoms with van der Waals surface area (Å²) in [7, 11) is 0. The smallest absolute Gasteiger partial charge is 0.226 e. The zero-order valence-electron chi connectivity index (χ0n) is 10.7. The highest BCUT2D eigenvalue weighted by molar-refractivity contribution is 5.70. The van der Waals surface area contributed by atoms with Crippen molar-refractivity contribution in [1.29, 1.82) is 0 Å². The molecule has 0 aliphatic heterocycles. The maximum atomic E-state index is 5.88. The lowest BCUT2D eigenvalue weighted by molar-refractivity contribution is 0.374. The summed E-state index contributed by atoms with van der Waals surface area (Å²) in [5.74, 6) is 1.28. The monoisotopic (exact) mass is 245 g/mol. The lowest BCUT2D eigenvalue weighted by Crippen LogP contribution is -1.91. The molecule has 0 saturated carbocycles. The largest absolute Gasteiger partial charge is 0.398 e. The molecule has 0 radical (unpaired) electrons. The second-order valence-electron chi connectivity index (χ2n) is 4.41. The molecule has 0 aliphatic carbocycles. The summed E-state index contributed by atoms with van der Waals surface area (Å²) in [5, 5.41) is 3.98. The molecule has 0 fully saturated rings. The summed E-state index contributed by atoms with van der Waals surface area (Å²) in [4.78, 5) is 4.38. The van der Waals surface area contributed by atoms with E-state index in [1.807, 2.05) is 24.3 Å². The number of benzene rings is 1. The molecule has 1 aromatic carbocycles. The van der Waals surface area contributed by atoms with Gasteiger partial charge in [0, 0.05) is 17.7 Å². The summed E-state index contributed by atoms with van der Waals surface area (Å²) in [6.45, 7) is 2.20. The Morgan fingerprint density at radius 2 is 2.00 bits per heavy atom. The number of anilines is 1. The van der Waals surface area contributed by atoms with Gasteiger partial charge in [0.1, 0.15) is 0 Å². The first-order chi connectivity index (χ1) is 8.81. The summed E-state index contributed by atoms with van der Waals surface area (Å²) >= 11 is 0. The third-order valence-electron chi connectivity index (χ3n) is 2.91. The standard InChI is InChI=1S/C14H19N3O/c1-2-3-4-5-10-13-16-14(17-18-13)11-8-6-7-9-12(11)15/h6-9H,2-5,10,15H2,1H3. The minimum Gasteiger partial charge on any atom is -0.398 e. The van der Waals surface area contributed by atoms with Crippen LogP contribution in [0.1, 0.15) is 38.5 Å². The maximum Gasteiger partial charge on any atom is 0.226 e. The first-order valence-corrected chi connectivity index (χ1v) is 6.48. The fourth-order valence-electron chi connectivity index (χ4n) is 1.87. The highest BCUT2D eigenvalue weighted by Gasteiger charge is 2.10. The molecule has 1 heterocycles. The van der Waals surface area contributed by atoms with Gasteiger partial charge >= 0.3 is 0 Å². The van der Waals surface area contributed by atoms with Crippen LogP contribution in [0.15, 0.2) is 28.8 Å². The van der Waals surface area contributed by atoms with Crippen LogP contribution in [0.3, 0.4) is 0 Å². The van der Waals surface area contributed by atoms with Gasteiger partial charge in [-0.3, -0.25) is 0 Å². The van der Waals surface area contributed by atoms with E-state index in [2.05, 4.69) is 17.1 Å². The van der Waals surface area contributed by atoms with Crippen molar-refractivity contribution in [3.05, 3.63) is 30.2 Å². The number of hydrogen-bond acceptors (Lipinski definition) is 4. The van der Waals surface area contributed by atoms with Crippen LogP contribution in [-0.2, 0) is 6.42 Å². The van der Waals surface area contributed by atoms with Crippen molar-refractivity contribution >= 4 is 5.69 Å². The third-order valence-corrected chi connectivity index (χ3v) is 2.91. The van der Waals surface area contributed by atoms with Crippen LogP contribution in [0.4, 0.5) is 5.69 Å². The van der Waals surface area contributed by atoms with Crippen LogP contribution in [0, 0.1) is 0 Å². The van der Waals surface area contributed by atoms with Gasteiger partial charge in [0.25, 0.3) is 0 Å². The predicted molar refractivity (Wildman–Crippen MR) is 72.0 cm³/mol. The third kappa shape index (κ3) is 3.09. The van der Waals surface area contributed by atoms with E-state index in [0.29, 0.717) is 17.4 Å². The van der Waals surface area contributed by atoms with Gasteiger partial charge in [-0.1, -0.05) is 43.5 Å². The molecule has 0 amide bonds. The molecule has 0 bridgehead atoms. The average Bonchev–Trinajstić information content (AvgIpc) is 2.84. The Balaban J connectivity index is 2.00. The highest BCUT2D eigenvalue weighted by Crippen LogP contribution is 2.22. The number of nitrogens with two attached hydrogens (primary N) is 1. The van der Waals surface area contributed by atoms with Gasteiger partial charge < -0.3 is 10.3 Å². The minimum absolute atomic E-state index is 0.582. The number of nitrogen functional groups attached to an aromatic ring is 1. The first-order valence-electron chi connectivity index (χ1n) is 6.48. The normalized spacial score (nSPS) is 10.7. The van der Waals surface area contributed by atoms with E-state index >= 15 is 0 Å². The Kier molecular flexibility index (Phi) is 4.34. The fraction of sp³-hybridized carbons (Fsp3) is 0.429. The molecule has 4 heteroatoms. The van der Waals surface area contributed by atoms with Gasteiger partial charge in [0.05, 0.1) is 0 Å². The van der Waals surface area contributed by atoms with Gasteiger partial charge in [-0.15, -0.1) is 0 Å². The lowest BCUT2D eigenvalue weighted by atomic mass is 10.1. The van der Waals surface area contributed by atoms with Crippen LogP contribution >= 0.6 is 0 Å². The molecule has 2 rings (SSSR count). The Morgan fingerprint density at radius 1 is 1.17 bits per heavy atom. The van der Waals surface area contributed by atoms with E-state index in [4.69, 9.17) is 10.3 Å². The molecule has 96 valence electrons. The Bertz CT molecular complexity index is 493. The molecule has 0 saturated heterocycles. The predicted octanol–water partition coefficient (Wildman–Crippen LogP) is 3.44. The number of para-hydroxylation sites is 1. The van der Waals surface area contributed by atoms with Crippen molar-refractivity contribution in [2.75, 3.05) is 5.73 Å². The lowest BCUT2D eigenvalue weighted by Gasteiger charge is -1.98. The van der Waals surface area contributed by atoms with Crippen LogP contribution in [0.5, 0.6) is 0 Å². The van der Waals surface area contributed by atoms with E-state index in [-0.39, 0.29) is 0 Å². The Labute approximate surface area is 107 Å². The van der Waals surface area contributed by atoms with E-state index in [9.17, 15) is 0 Å². The zero-order chi connectivity index (χ0) is 12.8. The second-order valence-corrected chi connectivity index (χ2v) is 4.41. The van der Waals surface area contributed by atoms with E-state index in [1.165, 1.54) is 19.3 Å². The van der Waals surface area contributed by atoms with Crippen molar-refractivity contribution in [3.8, 4) is 11.4 Å². The van der Waals surface area contributed by atoms with Crippen LogP contribution in [-0.4, -0.2) is 10.1 Å². The summed E-state index contributed by atoms with van der Waals surface area (Å²) in [6, 6.07) is 7.56. The number of unbranched alkanes of at least 4 members (excludes halogenated alkanes) is 3. The van der Waals surface area contributed by atoms with Gasteiger partial charge in [0.15, 0.2) is 0 Å². The fourth-order valence-corrected chi connectivity index (χ4v) is 1.87. The van der Waals surface area contributed by atoms with Gasteiger partial charge in [-0.2, -0.15) is 4.98 Å². The number of nitrogens with zero attached hydrogens (tertiary/aromatic N) is 2. The molecule has 2 aromatic rings. The van der Waals surface area contributed by atoms with Gasteiger partial charge in [0.2, 0.25) is 11.7 Å². The molecule has 0 spiro atoms. The van der Waals surface area contributed by atoms with Crippen molar-refractivity contribution in [2.24, 2.45) is 0 Å². The highest BCUT2D eigenvalue weighted by atomic mass is 16.5. The summed E-state index contributed by atoms with van der Waals surface area (Å²) in [5.41, 5.74) is 7.39. The van der Waals surface area contributed by atoms with E-state index < -0.39 is 0 Å². The van der Waals surface area contributed by atoms with E-state index in [0.717, 1.165) is 18.4 Å². The van der Waals surface area contributed by atoms with Crippen LogP contribution < -0.4 is 5.73 Å². The quantitative estimate of drug-likeness (QED) is 0.625. The maximum absolute atomic E-state index is 5.88. The Hall–Kier alpha value is -1.84. The van der Waals surface area contributed by atoms with Crippen LogP contribution in [0.25, 0.3) is 11.4 Å². The van der Waals surface area contributed by atoms with Gasteiger partial charge in [-0.05, 0) is 18.6 Å². The molecule has 4 nitrogen and oxygen atoms in total. The van der Waals surface area contributed by atoms with Gasteiger partial charge in [-0.25, -0.2) is 0 Å². The molecule has 0 unspecified atom stereocenters. The first kappa shape index (κ1) is 12.6. The van der Waals surface area contributed by atoms with E-state index in [1.54, 1.807) is 0 Å². The molecule has 0 atom stereocenters. The minimum atomic E-state index is 0.582. The molecule has 2 N–H and O–H groups in total. The number of hydrogen-bond donors (Lipinski definition) is 1. The molecular weight excluding hydrogens is 226 g/mol. The summed E-state index contributed by atoms with van der Waals surface area (Å²) < 4.78 is 5.24. The molecule has 0 aliphatic rings. The van der Waals surface area contributed by atoms with Crippen molar-refractivity contribution < 1.29 is 4.52 Å². The molecule has 18 heavy (non-hydrogen) atoms. The Morgan fingerprint density at radius 3 is 2.78 bits per heavy atom. The average molecular weight is 245 g/mol. The number of aryl methyl sites for hydroxylation is 1. The topological polar surface area (TPSA) is 64.9 Å². The second kappa shape index (κ2) is 6.19. The van der Waals surface area contributed by atoms with Crippen molar-refractivity contribution in [2.45, 2.75) is 39.0 Å². The number of aromatic nitrogens is 2. The van der Waals surface area contributed by atoms with Crippen LogP contribution in [0.2, 0.25) is 0 Å². The summed E-state index contributed by atoms with van der Waals surface area (Å²) in [6.07, 6.45) is 5.64. The zero-order valence-corrected chi connectivity index (χ0v) is 10.7. The number of rotatable bonds is 6. The van der Waals surface area contributed by atoms with Crippen molar-refractivity contribution in [1.82, 2.24) is 10.1 Å². The van der Waals surface area contributed by atoms with Crippen molar-refractivity contribution in [3.63, 3.8) is 0 Å².